The van der Waals surface area contributed by atoms with E-state index >= 15 is 0 Å². The molecule has 2 unspecified atom stereocenters. The molecule has 0 bridgehead atoms. The van der Waals surface area contributed by atoms with Gasteiger partial charge in [0.2, 0.25) is 0 Å². The van der Waals surface area contributed by atoms with E-state index in [9.17, 15) is 9.90 Å². The summed E-state index contributed by atoms with van der Waals surface area (Å²) in [6.45, 7) is 0.683. The van der Waals surface area contributed by atoms with Gasteiger partial charge >= 0.3 is 6.03 Å². The number of rotatable bonds is 5. The van der Waals surface area contributed by atoms with Crippen LogP contribution in [0.15, 0.2) is 35.2 Å². The first-order valence-electron chi connectivity index (χ1n) is 8.82. The average molecular weight is 342 g/mol. The van der Waals surface area contributed by atoms with Gasteiger partial charge in [-0.05, 0) is 37.8 Å². The van der Waals surface area contributed by atoms with Crippen molar-refractivity contribution in [3.8, 4) is 0 Å². The fraction of sp³-hybridized carbons (Fsp3) is 0.500. The van der Waals surface area contributed by atoms with Crippen molar-refractivity contribution in [1.82, 2.24) is 14.9 Å². The van der Waals surface area contributed by atoms with E-state index in [4.69, 9.17) is 4.42 Å². The summed E-state index contributed by atoms with van der Waals surface area (Å²) < 4.78 is 5.25. The number of carbonyl (C=O) groups excluding carboxylic acids is 1. The Balaban J connectivity index is 1.36. The monoisotopic (exact) mass is 342 g/mol. The summed E-state index contributed by atoms with van der Waals surface area (Å²) in [4.78, 5) is 23.0. The van der Waals surface area contributed by atoms with Gasteiger partial charge in [-0.1, -0.05) is 0 Å². The number of aliphatic hydroxyl groups is 1. The molecule has 4 rings (SSSR count). The average Bonchev–Trinajstić information content (AvgIpc) is 3.12. The van der Waals surface area contributed by atoms with E-state index in [1.807, 2.05) is 0 Å². The second-order valence-corrected chi connectivity index (χ2v) is 6.79. The highest BCUT2D eigenvalue weighted by Gasteiger charge is 2.31. The van der Waals surface area contributed by atoms with Crippen LogP contribution in [-0.2, 0) is 0 Å². The Morgan fingerprint density at radius 1 is 1.36 bits per heavy atom. The van der Waals surface area contributed by atoms with Crippen molar-refractivity contribution < 1.29 is 14.3 Å². The fourth-order valence-electron chi connectivity index (χ4n) is 3.35. The first-order valence-corrected chi connectivity index (χ1v) is 8.82. The Bertz CT molecular complexity index is 712. The standard InChI is InChI=1S/C18H22N4O3/c23-15(16-4-2-8-25-16)9-14-3-1-7-22(14)18(24)21-13-10-19-17(20-11-13)12-5-6-12/h2,4,8,10-12,14-15,23H,1,3,5-7,9H2,(H,21,24). The Labute approximate surface area is 146 Å². The van der Waals surface area contributed by atoms with Crippen LogP contribution >= 0.6 is 0 Å². The molecule has 25 heavy (non-hydrogen) atoms. The number of nitrogens with one attached hydrogen (secondary N) is 1. The third kappa shape index (κ3) is 3.66. The number of carbonyl (C=O) groups is 1. The topological polar surface area (TPSA) is 91.5 Å². The summed E-state index contributed by atoms with van der Waals surface area (Å²) in [5, 5.41) is 13.1. The quantitative estimate of drug-likeness (QED) is 0.871. The zero-order valence-corrected chi connectivity index (χ0v) is 14.0. The van der Waals surface area contributed by atoms with Crippen molar-refractivity contribution in [2.75, 3.05) is 11.9 Å². The number of amides is 2. The SMILES string of the molecule is O=C(Nc1cnc(C2CC2)nc1)N1CCCC1CC(O)c1ccco1. The molecule has 3 heterocycles. The number of furan rings is 1. The van der Waals surface area contributed by atoms with Crippen LogP contribution in [0.1, 0.15) is 55.7 Å². The minimum absolute atomic E-state index is 0.00763. The molecule has 0 spiro atoms. The van der Waals surface area contributed by atoms with E-state index in [1.165, 1.54) is 0 Å². The van der Waals surface area contributed by atoms with Gasteiger partial charge in [0.25, 0.3) is 0 Å². The summed E-state index contributed by atoms with van der Waals surface area (Å²) in [5.41, 5.74) is 0.603. The van der Waals surface area contributed by atoms with Crippen LogP contribution in [-0.4, -0.2) is 38.6 Å². The summed E-state index contributed by atoms with van der Waals surface area (Å²) in [6.07, 6.45) is 8.76. The van der Waals surface area contributed by atoms with Crippen LogP contribution in [0, 0.1) is 0 Å². The highest BCUT2D eigenvalue weighted by Crippen LogP contribution is 2.37. The van der Waals surface area contributed by atoms with E-state index in [-0.39, 0.29) is 12.1 Å². The van der Waals surface area contributed by atoms with Crippen LogP contribution in [0.4, 0.5) is 10.5 Å². The van der Waals surface area contributed by atoms with Crippen LogP contribution in [0.5, 0.6) is 0 Å². The third-order valence-corrected chi connectivity index (χ3v) is 4.87. The van der Waals surface area contributed by atoms with Crippen molar-refractivity contribution in [1.29, 1.82) is 0 Å². The molecule has 7 nitrogen and oxygen atoms in total. The minimum Gasteiger partial charge on any atom is -0.467 e. The predicted octanol–water partition coefficient (Wildman–Crippen LogP) is 3.07. The van der Waals surface area contributed by atoms with Gasteiger partial charge < -0.3 is 19.7 Å². The van der Waals surface area contributed by atoms with E-state index in [0.29, 0.717) is 30.3 Å². The highest BCUT2D eigenvalue weighted by molar-refractivity contribution is 5.89. The summed E-state index contributed by atoms with van der Waals surface area (Å²) in [5.74, 6) is 1.89. The molecular weight excluding hydrogens is 320 g/mol. The molecule has 1 aliphatic heterocycles. The fourth-order valence-corrected chi connectivity index (χ4v) is 3.35. The van der Waals surface area contributed by atoms with Gasteiger partial charge in [0.15, 0.2) is 0 Å². The molecule has 2 atom stereocenters. The van der Waals surface area contributed by atoms with Gasteiger partial charge in [-0.2, -0.15) is 0 Å². The van der Waals surface area contributed by atoms with Crippen molar-refractivity contribution >= 4 is 11.7 Å². The lowest BCUT2D eigenvalue weighted by Gasteiger charge is -2.26. The van der Waals surface area contributed by atoms with Crippen molar-refractivity contribution in [3.05, 3.63) is 42.4 Å². The van der Waals surface area contributed by atoms with Gasteiger partial charge in [0.1, 0.15) is 17.7 Å². The molecule has 132 valence electrons. The summed E-state index contributed by atoms with van der Waals surface area (Å²) in [6, 6.07) is 3.33. The van der Waals surface area contributed by atoms with Gasteiger partial charge in [0, 0.05) is 24.9 Å². The van der Waals surface area contributed by atoms with Gasteiger partial charge in [-0.3, -0.25) is 0 Å². The lowest BCUT2D eigenvalue weighted by molar-refractivity contribution is 0.110. The lowest BCUT2D eigenvalue weighted by Crippen LogP contribution is -2.39. The number of urea groups is 1. The van der Waals surface area contributed by atoms with Crippen LogP contribution in [0.2, 0.25) is 0 Å². The maximum atomic E-state index is 12.6. The van der Waals surface area contributed by atoms with Gasteiger partial charge in [-0.25, -0.2) is 14.8 Å². The minimum atomic E-state index is -0.699. The molecule has 1 aliphatic carbocycles. The number of anilines is 1. The maximum Gasteiger partial charge on any atom is 0.322 e. The largest absolute Gasteiger partial charge is 0.467 e. The molecule has 1 saturated carbocycles. The number of nitrogens with zero attached hydrogens (tertiary/aromatic N) is 3. The number of aromatic nitrogens is 2. The van der Waals surface area contributed by atoms with E-state index < -0.39 is 6.10 Å². The zero-order chi connectivity index (χ0) is 17.2. The van der Waals surface area contributed by atoms with Crippen LogP contribution in [0.3, 0.4) is 0 Å². The Kier molecular flexibility index (Phi) is 4.40. The molecule has 2 aromatic rings. The number of hydrogen-bond donors (Lipinski definition) is 2. The molecule has 1 saturated heterocycles. The molecule has 0 radical (unpaired) electrons. The Morgan fingerprint density at radius 2 is 2.16 bits per heavy atom. The normalized spacial score (nSPS) is 21.3. The second kappa shape index (κ2) is 6.84. The number of hydrogen-bond acceptors (Lipinski definition) is 5. The lowest BCUT2D eigenvalue weighted by atomic mass is 10.1. The number of aliphatic hydroxyl groups excluding tert-OH is 1. The molecule has 7 heteroatoms. The van der Waals surface area contributed by atoms with Crippen molar-refractivity contribution in [2.24, 2.45) is 0 Å². The van der Waals surface area contributed by atoms with Crippen LogP contribution < -0.4 is 5.32 Å². The molecule has 0 aromatic carbocycles. The Hall–Kier alpha value is -2.41. The summed E-state index contributed by atoms with van der Waals surface area (Å²) in [7, 11) is 0. The summed E-state index contributed by atoms with van der Waals surface area (Å²) >= 11 is 0. The van der Waals surface area contributed by atoms with E-state index in [1.54, 1.807) is 35.7 Å². The van der Waals surface area contributed by atoms with Gasteiger partial charge in [0.05, 0.1) is 24.3 Å². The Morgan fingerprint density at radius 3 is 2.84 bits per heavy atom. The van der Waals surface area contributed by atoms with Crippen molar-refractivity contribution in [3.63, 3.8) is 0 Å². The van der Waals surface area contributed by atoms with Gasteiger partial charge in [-0.15, -0.1) is 0 Å². The first kappa shape index (κ1) is 16.1. The number of likely N-dealkylation sites (tertiary alicyclic amines) is 1. The van der Waals surface area contributed by atoms with E-state index in [0.717, 1.165) is 31.5 Å². The smallest absolute Gasteiger partial charge is 0.322 e. The van der Waals surface area contributed by atoms with Crippen LogP contribution in [0.25, 0.3) is 0 Å². The predicted molar refractivity (Wildman–Crippen MR) is 91.0 cm³/mol. The third-order valence-electron chi connectivity index (χ3n) is 4.87. The van der Waals surface area contributed by atoms with E-state index in [2.05, 4.69) is 15.3 Å². The molecule has 2 amide bonds. The molecule has 2 aliphatic rings. The molecule has 2 aromatic heterocycles. The first-order chi connectivity index (χ1) is 12.2. The molecule has 2 N–H and O–H groups in total. The highest BCUT2D eigenvalue weighted by atomic mass is 16.4. The molecule has 2 fully saturated rings. The maximum absolute atomic E-state index is 12.6. The molecular formula is C18H22N4O3. The van der Waals surface area contributed by atoms with Crippen molar-refractivity contribution in [2.45, 2.75) is 50.2 Å². The zero-order valence-electron chi connectivity index (χ0n) is 14.0. The second-order valence-electron chi connectivity index (χ2n) is 6.79.